The molecule has 0 radical (unpaired) electrons. The number of hydrogen-bond acceptors (Lipinski definition) is 4. The van der Waals surface area contributed by atoms with Crippen LogP contribution in [0.4, 0.5) is 21.0 Å². The first-order chi connectivity index (χ1) is 9.65. The molecule has 1 aromatic carbocycles. The van der Waals surface area contributed by atoms with Crippen LogP contribution in [-0.2, 0) is 9.47 Å². The number of ether oxygens (including phenoxy) is 2. The van der Waals surface area contributed by atoms with E-state index in [0.717, 1.165) is 12.8 Å². The largest absolute Gasteiger partial charge is 0.449 e. The second-order valence-corrected chi connectivity index (χ2v) is 4.10. The van der Waals surface area contributed by atoms with E-state index in [1.807, 2.05) is 13.8 Å². The third-order valence-electron chi connectivity index (χ3n) is 2.25. The van der Waals surface area contributed by atoms with Gasteiger partial charge in [0.15, 0.2) is 0 Å². The highest BCUT2D eigenvalue weighted by Crippen LogP contribution is 2.14. The van der Waals surface area contributed by atoms with Crippen LogP contribution in [0.3, 0.4) is 0 Å². The smallest absolute Gasteiger partial charge is 0.411 e. The van der Waals surface area contributed by atoms with E-state index < -0.39 is 12.2 Å². The van der Waals surface area contributed by atoms with Gasteiger partial charge in [-0.15, -0.1) is 0 Å². The van der Waals surface area contributed by atoms with Gasteiger partial charge in [0, 0.05) is 11.4 Å². The lowest BCUT2D eigenvalue weighted by molar-refractivity contribution is 0.161. The van der Waals surface area contributed by atoms with E-state index in [4.69, 9.17) is 9.47 Å². The van der Waals surface area contributed by atoms with Crippen molar-refractivity contribution in [3.63, 3.8) is 0 Å². The fraction of sp³-hybridized carbons (Fsp3) is 0.429. The lowest BCUT2D eigenvalue weighted by Crippen LogP contribution is -2.15. The average Bonchev–Trinajstić information content (AvgIpc) is 2.45. The number of carbonyl (C=O) groups excluding carboxylic acids is 2. The molecule has 1 aromatic rings. The molecule has 0 heterocycles. The third-order valence-corrected chi connectivity index (χ3v) is 2.25. The Kier molecular flexibility index (Phi) is 6.95. The van der Waals surface area contributed by atoms with Gasteiger partial charge in [-0.25, -0.2) is 9.59 Å². The Hall–Kier alpha value is -2.24. The zero-order chi connectivity index (χ0) is 14.8. The van der Waals surface area contributed by atoms with Gasteiger partial charge in [0.25, 0.3) is 0 Å². The van der Waals surface area contributed by atoms with E-state index in [1.165, 1.54) is 0 Å². The lowest BCUT2D eigenvalue weighted by atomic mass is 10.3. The minimum absolute atomic E-state index is 0.384. The maximum absolute atomic E-state index is 11.3. The Morgan fingerprint density at radius 3 is 1.50 bits per heavy atom. The van der Waals surface area contributed by atoms with Crippen molar-refractivity contribution in [2.75, 3.05) is 23.8 Å². The molecule has 0 aliphatic rings. The van der Waals surface area contributed by atoms with Crippen molar-refractivity contribution in [1.29, 1.82) is 0 Å². The number of nitrogens with one attached hydrogen (secondary N) is 2. The van der Waals surface area contributed by atoms with E-state index in [9.17, 15) is 9.59 Å². The summed E-state index contributed by atoms with van der Waals surface area (Å²) >= 11 is 0. The molecule has 110 valence electrons. The molecule has 2 N–H and O–H groups in total. The molecule has 0 aliphatic carbocycles. The van der Waals surface area contributed by atoms with Gasteiger partial charge in [0.1, 0.15) is 0 Å². The molecule has 6 heteroatoms. The molecule has 0 saturated heterocycles. The average molecular weight is 280 g/mol. The molecule has 1 rings (SSSR count). The van der Waals surface area contributed by atoms with Crippen molar-refractivity contribution in [2.45, 2.75) is 26.7 Å². The molecule has 20 heavy (non-hydrogen) atoms. The number of benzene rings is 1. The summed E-state index contributed by atoms with van der Waals surface area (Å²) in [5, 5.41) is 5.17. The molecule has 0 saturated carbocycles. The van der Waals surface area contributed by atoms with Gasteiger partial charge in [0.05, 0.1) is 13.2 Å². The van der Waals surface area contributed by atoms with Crippen molar-refractivity contribution in [3.8, 4) is 0 Å². The molecule has 0 fully saturated rings. The van der Waals surface area contributed by atoms with Gasteiger partial charge in [-0.3, -0.25) is 10.6 Å². The van der Waals surface area contributed by atoms with Gasteiger partial charge in [-0.1, -0.05) is 13.8 Å². The SMILES string of the molecule is CCCOC(=O)Nc1ccc(NC(=O)OCCC)cc1. The van der Waals surface area contributed by atoms with Gasteiger partial charge in [-0.2, -0.15) is 0 Å². The minimum Gasteiger partial charge on any atom is -0.449 e. The van der Waals surface area contributed by atoms with Crippen molar-refractivity contribution < 1.29 is 19.1 Å². The predicted octanol–water partition coefficient (Wildman–Crippen LogP) is 3.60. The summed E-state index contributed by atoms with van der Waals surface area (Å²) in [6.45, 7) is 4.61. The maximum atomic E-state index is 11.3. The molecular formula is C14H20N2O4. The van der Waals surface area contributed by atoms with Crippen LogP contribution in [0.25, 0.3) is 0 Å². The maximum Gasteiger partial charge on any atom is 0.411 e. The fourth-order valence-electron chi connectivity index (χ4n) is 1.33. The van der Waals surface area contributed by atoms with Crippen LogP contribution in [0.1, 0.15) is 26.7 Å². The highest BCUT2D eigenvalue weighted by Gasteiger charge is 2.04. The predicted molar refractivity (Wildman–Crippen MR) is 77.0 cm³/mol. The zero-order valence-electron chi connectivity index (χ0n) is 11.8. The van der Waals surface area contributed by atoms with Gasteiger partial charge in [-0.05, 0) is 37.1 Å². The number of rotatable bonds is 6. The highest BCUT2D eigenvalue weighted by molar-refractivity contribution is 5.87. The molecule has 0 bridgehead atoms. The fourth-order valence-corrected chi connectivity index (χ4v) is 1.33. The zero-order valence-corrected chi connectivity index (χ0v) is 11.8. The summed E-state index contributed by atoms with van der Waals surface area (Å²) in [6.07, 6.45) is 0.566. The molecular weight excluding hydrogens is 260 g/mol. The van der Waals surface area contributed by atoms with Crippen LogP contribution in [-0.4, -0.2) is 25.4 Å². The summed E-state index contributed by atoms with van der Waals surface area (Å²) in [5.74, 6) is 0. The molecule has 0 atom stereocenters. The van der Waals surface area contributed by atoms with Crippen molar-refractivity contribution >= 4 is 23.6 Å². The van der Waals surface area contributed by atoms with E-state index in [0.29, 0.717) is 24.6 Å². The van der Waals surface area contributed by atoms with Crippen LogP contribution in [0.2, 0.25) is 0 Å². The number of anilines is 2. The number of carbonyl (C=O) groups is 2. The lowest BCUT2D eigenvalue weighted by Gasteiger charge is -2.08. The Bertz CT molecular complexity index is 390. The summed E-state index contributed by atoms with van der Waals surface area (Å²) in [7, 11) is 0. The quantitative estimate of drug-likeness (QED) is 0.834. The van der Waals surface area contributed by atoms with Gasteiger partial charge < -0.3 is 9.47 Å². The first-order valence-electron chi connectivity index (χ1n) is 6.63. The standard InChI is InChI=1S/C14H20N2O4/c1-3-9-19-13(17)15-11-5-7-12(8-6-11)16-14(18)20-10-4-2/h5-8H,3-4,9-10H2,1-2H3,(H,15,17)(H,16,18). The van der Waals surface area contributed by atoms with Crippen molar-refractivity contribution in [3.05, 3.63) is 24.3 Å². The van der Waals surface area contributed by atoms with E-state index in [2.05, 4.69) is 10.6 Å². The Balaban J connectivity index is 2.43. The Morgan fingerprint density at radius 2 is 1.20 bits per heavy atom. The molecule has 6 nitrogen and oxygen atoms in total. The monoisotopic (exact) mass is 280 g/mol. The topological polar surface area (TPSA) is 76.7 Å². The molecule has 0 aromatic heterocycles. The summed E-state index contributed by atoms with van der Waals surface area (Å²) < 4.78 is 9.79. The second-order valence-electron chi connectivity index (χ2n) is 4.10. The Morgan fingerprint density at radius 1 is 0.850 bits per heavy atom. The summed E-state index contributed by atoms with van der Waals surface area (Å²) in [4.78, 5) is 22.7. The first-order valence-corrected chi connectivity index (χ1v) is 6.63. The Labute approximate surface area is 118 Å². The van der Waals surface area contributed by atoms with Gasteiger partial charge >= 0.3 is 12.2 Å². The molecule has 2 amide bonds. The molecule has 0 spiro atoms. The van der Waals surface area contributed by atoms with Crippen LogP contribution in [0.5, 0.6) is 0 Å². The van der Waals surface area contributed by atoms with Gasteiger partial charge in [0.2, 0.25) is 0 Å². The molecule has 0 aliphatic heterocycles. The van der Waals surface area contributed by atoms with Crippen molar-refractivity contribution in [1.82, 2.24) is 0 Å². The highest BCUT2D eigenvalue weighted by atomic mass is 16.6. The third kappa shape index (κ3) is 6.08. The first kappa shape index (κ1) is 15.8. The van der Waals surface area contributed by atoms with E-state index >= 15 is 0 Å². The second kappa shape index (κ2) is 8.79. The normalized spacial score (nSPS) is 9.70. The molecule has 0 unspecified atom stereocenters. The minimum atomic E-state index is -0.491. The number of hydrogen-bond donors (Lipinski definition) is 2. The van der Waals surface area contributed by atoms with Crippen LogP contribution < -0.4 is 10.6 Å². The van der Waals surface area contributed by atoms with E-state index in [-0.39, 0.29) is 0 Å². The van der Waals surface area contributed by atoms with Crippen LogP contribution >= 0.6 is 0 Å². The van der Waals surface area contributed by atoms with Crippen LogP contribution in [0.15, 0.2) is 24.3 Å². The summed E-state index contributed by atoms with van der Waals surface area (Å²) in [5.41, 5.74) is 1.19. The summed E-state index contributed by atoms with van der Waals surface area (Å²) in [6, 6.07) is 6.68. The van der Waals surface area contributed by atoms with Crippen molar-refractivity contribution in [2.24, 2.45) is 0 Å². The van der Waals surface area contributed by atoms with Crippen LogP contribution in [0, 0.1) is 0 Å². The number of amides is 2. The van der Waals surface area contributed by atoms with E-state index in [1.54, 1.807) is 24.3 Å².